The summed E-state index contributed by atoms with van der Waals surface area (Å²) in [4.78, 5) is 11.3. The van der Waals surface area contributed by atoms with Crippen LogP contribution in [-0.2, 0) is 4.79 Å². The van der Waals surface area contributed by atoms with Crippen molar-refractivity contribution >= 4 is 16.9 Å². The zero-order chi connectivity index (χ0) is 22.9. The van der Waals surface area contributed by atoms with E-state index in [9.17, 15) is 23.8 Å². The molecule has 0 atom stereocenters. The van der Waals surface area contributed by atoms with E-state index in [4.69, 9.17) is 0 Å². The van der Waals surface area contributed by atoms with Crippen LogP contribution in [-0.4, -0.2) is 20.7 Å². The molecule has 0 bridgehead atoms. The third-order valence-electron chi connectivity index (χ3n) is 7.51. The quantitative estimate of drug-likeness (QED) is 0.494. The summed E-state index contributed by atoms with van der Waals surface area (Å²) in [5.74, 6) is -1.65. The second kappa shape index (κ2) is 7.06. The second-order valence-electron chi connectivity index (χ2n) is 10.1. The van der Waals surface area contributed by atoms with Crippen LogP contribution in [0.2, 0.25) is 0 Å². The molecular formula is C26H27F2NO3. The minimum Gasteiger partial charge on any atom is -0.507 e. The first-order valence-corrected chi connectivity index (χ1v) is 11.2. The lowest BCUT2D eigenvalue weighted by atomic mass is 9.47. The van der Waals surface area contributed by atoms with Crippen LogP contribution in [0.4, 0.5) is 8.78 Å². The molecule has 5 rings (SSSR count). The normalized spacial score (nSPS) is 24.7. The summed E-state index contributed by atoms with van der Waals surface area (Å²) in [5, 5.41) is 20.7. The first-order chi connectivity index (χ1) is 15.1. The van der Waals surface area contributed by atoms with Crippen molar-refractivity contribution in [2.24, 2.45) is 11.3 Å². The van der Waals surface area contributed by atoms with Gasteiger partial charge in [0.25, 0.3) is 0 Å². The first kappa shape index (κ1) is 21.0. The molecule has 2 fully saturated rings. The van der Waals surface area contributed by atoms with Crippen molar-refractivity contribution in [2.45, 2.75) is 58.3 Å². The SMILES string of the molecule is Cc1cc(-n2c(C(C)C)c(C3CC4(CC(C(=O)O)C4)C3)c3c(O)cc(F)cc32)ccc1F. The number of halogens is 2. The van der Waals surface area contributed by atoms with E-state index < -0.39 is 11.8 Å². The number of benzene rings is 2. The highest BCUT2D eigenvalue weighted by Gasteiger charge is 2.56. The Labute approximate surface area is 185 Å². The fourth-order valence-electron chi connectivity index (χ4n) is 6.12. The molecule has 0 radical (unpaired) electrons. The molecule has 3 aromatic rings. The molecule has 2 N–H and O–H groups in total. The summed E-state index contributed by atoms with van der Waals surface area (Å²) in [5.41, 5.74) is 3.87. The van der Waals surface area contributed by atoms with Gasteiger partial charge in [0.15, 0.2) is 0 Å². The predicted molar refractivity (Wildman–Crippen MR) is 118 cm³/mol. The standard InChI is InChI=1S/C26H27F2NO3/c1-13(2)24-22(15-9-26(10-15)11-16(12-26)25(31)32)23-20(7-17(27)8-21(23)30)29(24)18-4-5-19(28)14(3)6-18/h4-8,13,15-16,30H,9-12H2,1-3H3,(H,31,32). The highest BCUT2D eigenvalue weighted by molar-refractivity contribution is 5.93. The molecule has 2 saturated carbocycles. The molecule has 1 heterocycles. The van der Waals surface area contributed by atoms with Crippen molar-refractivity contribution in [3.63, 3.8) is 0 Å². The number of rotatable bonds is 4. The molecule has 32 heavy (non-hydrogen) atoms. The molecule has 4 nitrogen and oxygen atoms in total. The Bertz CT molecular complexity index is 1250. The van der Waals surface area contributed by atoms with E-state index in [2.05, 4.69) is 13.8 Å². The van der Waals surface area contributed by atoms with Gasteiger partial charge in [0.05, 0.1) is 11.4 Å². The predicted octanol–water partition coefficient (Wildman–Crippen LogP) is 6.40. The van der Waals surface area contributed by atoms with E-state index in [1.54, 1.807) is 19.1 Å². The van der Waals surface area contributed by atoms with E-state index in [1.807, 2.05) is 4.57 Å². The first-order valence-electron chi connectivity index (χ1n) is 11.2. The minimum absolute atomic E-state index is 0.0680. The van der Waals surface area contributed by atoms with Crippen LogP contribution in [0.15, 0.2) is 30.3 Å². The maximum Gasteiger partial charge on any atom is 0.306 e. The summed E-state index contributed by atoms with van der Waals surface area (Å²) in [6.45, 7) is 5.83. The lowest BCUT2D eigenvalue weighted by Crippen LogP contribution is -2.49. The van der Waals surface area contributed by atoms with Crippen LogP contribution in [0.1, 0.15) is 68.2 Å². The number of aliphatic carboxylic acids is 1. The number of hydrogen-bond acceptors (Lipinski definition) is 2. The van der Waals surface area contributed by atoms with E-state index in [0.717, 1.165) is 35.9 Å². The van der Waals surface area contributed by atoms with Gasteiger partial charge in [-0.1, -0.05) is 13.8 Å². The smallest absolute Gasteiger partial charge is 0.306 e. The molecule has 0 amide bonds. The van der Waals surface area contributed by atoms with Crippen LogP contribution in [0, 0.1) is 29.9 Å². The lowest BCUT2D eigenvalue weighted by molar-refractivity contribution is -0.155. The molecular weight excluding hydrogens is 412 g/mol. The Morgan fingerprint density at radius 3 is 2.41 bits per heavy atom. The number of phenols is 1. The zero-order valence-corrected chi connectivity index (χ0v) is 18.5. The van der Waals surface area contributed by atoms with Crippen LogP contribution in [0.5, 0.6) is 5.75 Å². The summed E-state index contributed by atoms with van der Waals surface area (Å²) in [6.07, 6.45) is 3.14. The monoisotopic (exact) mass is 439 g/mol. The third kappa shape index (κ3) is 3.03. The van der Waals surface area contributed by atoms with E-state index in [1.165, 1.54) is 12.1 Å². The maximum atomic E-state index is 14.4. The molecule has 0 aliphatic heterocycles. The zero-order valence-electron chi connectivity index (χ0n) is 18.5. The van der Waals surface area contributed by atoms with Crippen molar-refractivity contribution < 1.29 is 23.8 Å². The number of phenolic OH excluding ortho intramolecular Hbond substituents is 1. The van der Waals surface area contributed by atoms with Gasteiger partial charge in [0.2, 0.25) is 0 Å². The Morgan fingerprint density at radius 1 is 1.12 bits per heavy atom. The second-order valence-corrected chi connectivity index (χ2v) is 10.1. The van der Waals surface area contributed by atoms with Crippen molar-refractivity contribution in [3.8, 4) is 11.4 Å². The topological polar surface area (TPSA) is 62.5 Å². The summed E-state index contributed by atoms with van der Waals surface area (Å²) >= 11 is 0. The van der Waals surface area contributed by atoms with E-state index in [0.29, 0.717) is 29.3 Å². The molecule has 168 valence electrons. The van der Waals surface area contributed by atoms with Crippen LogP contribution in [0.3, 0.4) is 0 Å². The lowest BCUT2D eigenvalue weighted by Gasteiger charge is -2.57. The Kier molecular flexibility index (Phi) is 4.63. The van der Waals surface area contributed by atoms with Gasteiger partial charge in [-0.15, -0.1) is 0 Å². The molecule has 0 saturated heterocycles. The number of nitrogens with zero attached hydrogens (tertiary/aromatic N) is 1. The number of carbonyl (C=O) groups is 1. The molecule has 1 aromatic heterocycles. The molecule has 2 aliphatic rings. The number of fused-ring (bicyclic) bond motifs is 1. The molecule has 1 spiro atoms. The van der Waals surface area contributed by atoms with Gasteiger partial charge in [-0.25, -0.2) is 8.78 Å². The van der Waals surface area contributed by atoms with Crippen LogP contribution < -0.4 is 0 Å². The van der Waals surface area contributed by atoms with Gasteiger partial charge >= 0.3 is 5.97 Å². The fraction of sp³-hybridized carbons (Fsp3) is 0.423. The number of carboxylic acids is 1. The van der Waals surface area contributed by atoms with Gasteiger partial charge in [-0.2, -0.15) is 0 Å². The number of aromatic hydroxyl groups is 1. The molecule has 6 heteroatoms. The summed E-state index contributed by atoms with van der Waals surface area (Å²) in [6, 6.07) is 7.43. The van der Waals surface area contributed by atoms with Gasteiger partial charge in [0, 0.05) is 22.8 Å². The minimum atomic E-state index is -0.724. The third-order valence-corrected chi connectivity index (χ3v) is 7.51. The van der Waals surface area contributed by atoms with Gasteiger partial charge in [0.1, 0.15) is 17.4 Å². The van der Waals surface area contributed by atoms with Crippen molar-refractivity contribution in [2.75, 3.05) is 0 Å². The number of aromatic nitrogens is 1. The van der Waals surface area contributed by atoms with Crippen molar-refractivity contribution in [1.82, 2.24) is 4.57 Å². The number of carboxylic acid groups (broad SMARTS) is 1. The van der Waals surface area contributed by atoms with E-state index in [-0.39, 0.29) is 34.7 Å². The van der Waals surface area contributed by atoms with Crippen LogP contribution >= 0.6 is 0 Å². The average molecular weight is 440 g/mol. The summed E-state index contributed by atoms with van der Waals surface area (Å²) in [7, 11) is 0. The van der Waals surface area contributed by atoms with E-state index >= 15 is 0 Å². The fourth-order valence-corrected chi connectivity index (χ4v) is 6.12. The molecule has 2 aliphatic carbocycles. The van der Waals surface area contributed by atoms with Gasteiger partial charge < -0.3 is 14.8 Å². The Balaban J connectivity index is 1.67. The highest BCUT2D eigenvalue weighted by atomic mass is 19.1. The van der Waals surface area contributed by atoms with Gasteiger partial charge in [-0.05, 0) is 85.3 Å². The van der Waals surface area contributed by atoms with Crippen molar-refractivity contribution in [3.05, 3.63) is 58.8 Å². The molecule has 0 unspecified atom stereocenters. The summed E-state index contributed by atoms with van der Waals surface area (Å²) < 4.78 is 30.3. The number of aryl methyl sites for hydroxylation is 1. The Morgan fingerprint density at radius 2 is 1.81 bits per heavy atom. The number of hydrogen-bond donors (Lipinski definition) is 2. The van der Waals surface area contributed by atoms with Gasteiger partial charge in [-0.3, -0.25) is 4.79 Å². The Hall–Kier alpha value is -2.89. The molecule has 2 aromatic carbocycles. The highest BCUT2D eigenvalue weighted by Crippen LogP contribution is 2.65. The average Bonchev–Trinajstić information content (AvgIpc) is 2.96. The van der Waals surface area contributed by atoms with Crippen LogP contribution in [0.25, 0.3) is 16.6 Å². The van der Waals surface area contributed by atoms with Crippen molar-refractivity contribution in [1.29, 1.82) is 0 Å². The largest absolute Gasteiger partial charge is 0.507 e. The maximum absolute atomic E-state index is 14.4.